The fourth-order valence-electron chi connectivity index (χ4n) is 1.24. The quantitative estimate of drug-likeness (QED) is 0.717. The van der Waals surface area contributed by atoms with Crippen molar-refractivity contribution in [3.63, 3.8) is 0 Å². The van der Waals surface area contributed by atoms with Gasteiger partial charge in [-0.05, 0) is 0 Å². The van der Waals surface area contributed by atoms with E-state index in [9.17, 15) is 0 Å². The summed E-state index contributed by atoms with van der Waals surface area (Å²) in [5, 5.41) is 7.00. The highest BCUT2D eigenvalue weighted by molar-refractivity contribution is 4.82. The van der Waals surface area contributed by atoms with Crippen molar-refractivity contribution in [3.8, 4) is 0 Å². The Labute approximate surface area is 87.3 Å². The molecule has 2 aromatic rings. The van der Waals surface area contributed by atoms with Crippen molar-refractivity contribution in [1.82, 2.24) is 25.0 Å². The molecule has 0 aliphatic carbocycles. The molecule has 0 saturated heterocycles. The van der Waals surface area contributed by atoms with Crippen molar-refractivity contribution in [3.05, 3.63) is 30.4 Å². The van der Waals surface area contributed by atoms with E-state index >= 15 is 0 Å². The molecule has 15 heavy (non-hydrogen) atoms. The molecule has 0 unspecified atom stereocenters. The van der Waals surface area contributed by atoms with E-state index < -0.39 is 0 Å². The SMILES string of the molecule is Cc1nc(CNCCn2ccnc2)no1. The van der Waals surface area contributed by atoms with Crippen LogP contribution in [0.25, 0.3) is 0 Å². The molecule has 0 bridgehead atoms. The van der Waals surface area contributed by atoms with Crippen LogP contribution in [0.15, 0.2) is 23.2 Å². The van der Waals surface area contributed by atoms with Crippen molar-refractivity contribution in [2.75, 3.05) is 6.54 Å². The largest absolute Gasteiger partial charge is 0.340 e. The third kappa shape index (κ3) is 2.88. The van der Waals surface area contributed by atoms with E-state index in [1.165, 1.54) is 0 Å². The molecule has 0 aliphatic rings. The molecule has 6 nitrogen and oxygen atoms in total. The van der Waals surface area contributed by atoms with Gasteiger partial charge in [-0.3, -0.25) is 0 Å². The van der Waals surface area contributed by atoms with Crippen LogP contribution in [0, 0.1) is 6.92 Å². The number of aryl methyl sites for hydroxylation is 1. The Bertz CT molecular complexity index is 394. The van der Waals surface area contributed by atoms with Crippen LogP contribution in [0.1, 0.15) is 11.7 Å². The zero-order valence-electron chi connectivity index (χ0n) is 8.55. The Hall–Kier alpha value is -1.69. The maximum Gasteiger partial charge on any atom is 0.223 e. The zero-order chi connectivity index (χ0) is 10.5. The second-order valence-electron chi connectivity index (χ2n) is 3.21. The lowest BCUT2D eigenvalue weighted by atomic mass is 10.5. The molecule has 0 amide bonds. The number of hydrogen-bond acceptors (Lipinski definition) is 5. The molecule has 0 spiro atoms. The number of imidazole rings is 1. The Balaban J connectivity index is 1.67. The molecule has 0 atom stereocenters. The molecule has 0 aromatic carbocycles. The lowest BCUT2D eigenvalue weighted by Crippen LogP contribution is -2.19. The number of nitrogens with one attached hydrogen (secondary N) is 1. The summed E-state index contributed by atoms with van der Waals surface area (Å²) in [4.78, 5) is 8.04. The molecule has 0 fully saturated rings. The van der Waals surface area contributed by atoms with E-state index in [4.69, 9.17) is 4.52 Å². The van der Waals surface area contributed by atoms with Crippen molar-refractivity contribution >= 4 is 0 Å². The van der Waals surface area contributed by atoms with Gasteiger partial charge in [-0.2, -0.15) is 4.98 Å². The predicted molar refractivity (Wildman–Crippen MR) is 53.0 cm³/mol. The van der Waals surface area contributed by atoms with E-state index in [0.717, 1.165) is 13.1 Å². The van der Waals surface area contributed by atoms with Crippen LogP contribution in [-0.4, -0.2) is 26.2 Å². The van der Waals surface area contributed by atoms with Gasteiger partial charge in [0.2, 0.25) is 5.89 Å². The average Bonchev–Trinajstić information content (AvgIpc) is 2.84. The van der Waals surface area contributed by atoms with Crippen LogP contribution < -0.4 is 5.32 Å². The second kappa shape index (κ2) is 4.70. The molecule has 6 heteroatoms. The smallest absolute Gasteiger partial charge is 0.223 e. The van der Waals surface area contributed by atoms with Gasteiger partial charge in [0.05, 0.1) is 12.9 Å². The van der Waals surface area contributed by atoms with Gasteiger partial charge < -0.3 is 14.4 Å². The van der Waals surface area contributed by atoms with Gasteiger partial charge in [0.15, 0.2) is 5.82 Å². The fraction of sp³-hybridized carbons (Fsp3) is 0.444. The van der Waals surface area contributed by atoms with Gasteiger partial charge in [0.25, 0.3) is 0 Å². The van der Waals surface area contributed by atoms with E-state index in [1.54, 1.807) is 19.4 Å². The van der Waals surface area contributed by atoms with Crippen molar-refractivity contribution in [2.24, 2.45) is 0 Å². The predicted octanol–water partition coefficient (Wildman–Crippen LogP) is 0.364. The van der Waals surface area contributed by atoms with Crippen molar-refractivity contribution in [1.29, 1.82) is 0 Å². The third-order valence-electron chi connectivity index (χ3n) is 1.96. The Morgan fingerprint density at radius 3 is 3.13 bits per heavy atom. The summed E-state index contributed by atoms with van der Waals surface area (Å²) >= 11 is 0. The van der Waals surface area contributed by atoms with Gasteiger partial charge in [-0.25, -0.2) is 4.98 Å². The second-order valence-corrected chi connectivity index (χ2v) is 3.21. The number of hydrogen-bond donors (Lipinski definition) is 1. The van der Waals surface area contributed by atoms with E-state index in [0.29, 0.717) is 18.3 Å². The zero-order valence-corrected chi connectivity index (χ0v) is 8.55. The van der Waals surface area contributed by atoms with E-state index in [-0.39, 0.29) is 0 Å². The van der Waals surface area contributed by atoms with Crippen LogP contribution in [0.2, 0.25) is 0 Å². The molecule has 0 aliphatic heterocycles. The summed E-state index contributed by atoms with van der Waals surface area (Å²) in [5.74, 6) is 1.29. The van der Waals surface area contributed by atoms with Crippen LogP contribution >= 0.6 is 0 Å². The number of rotatable bonds is 5. The highest BCUT2D eigenvalue weighted by atomic mass is 16.5. The third-order valence-corrected chi connectivity index (χ3v) is 1.96. The minimum Gasteiger partial charge on any atom is -0.340 e. The van der Waals surface area contributed by atoms with Crippen LogP contribution in [0.5, 0.6) is 0 Å². The molecule has 2 heterocycles. The standard InChI is InChI=1S/C9H13N5O/c1-8-12-9(13-15-8)6-10-2-4-14-5-3-11-7-14/h3,5,7,10H,2,4,6H2,1H3. The van der Waals surface area contributed by atoms with Crippen LogP contribution in [-0.2, 0) is 13.1 Å². The fourth-order valence-corrected chi connectivity index (χ4v) is 1.24. The maximum atomic E-state index is 4.85. The Morgan fingerprint density at radius 2 is 2.47 bits per heavy atom. The van der Waals surface area contributed by atoms with Crippen LogP contribution in [0.4, 0.5) is 0 Å². The molecular weight excluding hydrogens is 194 g/mol. The van der Waals surface area contributed by atoms with Gasteiger partial charge in [-0.15, -0.1) is 0 Å². The monoisotopic (exact) mass is 207 g/mol. The van der Waals surface area contributed by atoms with Gasteiger partial charge >= 0.3 is 0 Å². The van der Waals surface area contributed by atoms with Crippen LogP contribution in [0.3, 0.4) is 0 Å². The van der Waals surface area contributed by atoms with E-state index in [2.05, 4.69) is 20.4 Å². The molecule has 2 rings (SSSR count). The summed E-state index contributed by atoms with van der Waals surface area (Å²) in [6.45, 7) is 4.15. The highest BCUT2D eigenvalue weighted by Gasteiger charge is 2.00. The summed E-state index contributed by atoms with van der Waals surface area (Å²) in [5.41, 5.74) is 0. The first-order valence-corrected chi connectivity index (χ1v) is 4.80. The van der Waals surface area contributed by atoms with Crippen molar-refractivity contribution in [2.45, 2.75) is 20.0 Å². The number of aromatic nitrogens is 4. The van der Waals surface area contributed by atoms with Crippen molar-refractivity contribution < 1.29 is 4.52 Å². The molecule has 0 radical (unpaired) electrons. The minimum absolute atomic E-state index is 0.599. The normalized spacial score (nSPS) is 10.7. The topological polar surface area (TPSA) is 68.8 Å². The molecule has 1 N–H and O–H groups in total. The average molecular weight is 207 g/mol. The first-order chi connectivity index (χ1) is 7.34. The summed E-state index contributed by atoms with van der Waals surface area (Å²) in [6.07, 6.45) is 5.49. The van der Waals surface area contributed by atoms with E-state index in [1.807, 2.05) is 10.8 Å². The lowest BCUT2D eigenvalue weighted by Gasteiger charge is -2.02. The van der Waals surface area contributed by atoms with Gasteiger partial charge in [0, 0.05) is 32.4 Å². The Morgan fingerprint density at radius 1 is 1.53 bits per heavy atom. The highest BCUT2D eigenvalue weighted by Crippen LogP contribution is 1.93. The molecule has 2 aromatic heterocycles. The Kier molecular flexibility index (Phi) is 3.08. The van der Waals surface area contributed by atoms with Gasteiger partial charge in [-0.1, -0.05) is 5.16 Å². The summed E-state index contributed by atoms with van der Waals surface area (Å²) < 4.78 is 6.86. The lowest BCUT2D eigenvalue weighted by molar-refractivity contribution is 0.385. The maximum absolute atomic E-state index is 4.85. The molecular formula is C9H13N5O. The number of nitrogens with zero attached hydrogens (tertiary/aromatic N) is 4. The molecule has 0 saturated carbocycles. The summed E-state index contributed by atoms with van der Waals surface area (Å²) in [6, 6.07) is 0. The first-order valence-electron chi connectivity index (χ1n) is 4.80. The first kappa shape index (κ1) is 9.85. The molecule has 80 valence electrons. The van der Waals surface area contributed by atoms with Gasteiger partial charge in [0.1, 0.15) is 0 Å². The summed E-state index contributed by atoms with van der Waals surface area (Å²) in [7, 11) is 0. The minimum atomic E-state index is 0.599.